The maximum atomic E-state index is 11.7. The normalized spacial score (nSPS) is 9.94. The number of nitrogens with two attached hydrogens (primary N) is 2. The third-order valence-electron chi connectivity index (χ3n) is 1.99. The van der Waals surface area contributed by atoms with Gasteiger partial charge in [-0.1, -0.05) is 11.6 Å². The number of carbonyl (C=O) groups excluding carboxylic acids is 2. The van der Waals surface area contributed by atoms with E-state index in [0.717, 1.165) is 0 Å². The highest BCUT2D eigenvalue weighted by atomic mass is 35.5. The minimum Gasteiger partial charge on any atom is -0.397 e. The van der Waals surface area contributed by atoms with Gasteiger partial charge in [-0.3, -0.25) is 9.59 Å². The number of carbonyl (C=O) groups is 2. The number of pyridine rings is 1. The standard InChI is InChI=1S/C10H13ClN4O2/c11-9-7(4-6(12)5-15-9)10(17)14-3-1-2-8(13)16/h4-5H,1-3,12H2,(H2,13,16)(H,14,17). The molecule has 17 heavy (non-hydrogen) atoms. The third kappa shape index (κ3) is 4.28. The number of nitrogens with zero attached hydrogens (tertiary/aromatic N) is 1. The van der Waals surface area contributed by atoms with Crippen molar-refractivity contribution < 1.29 is 9.59 Å². The van der Waals surface area contributed by atoms with E-state index in [9.17, 15) is 9.59 Å². The molecule has 0 aliphatic carbocycles. The summed E-state index contributed by atoms with van der Waals surface area (Å²) in [7, 11) is 0. The van der Waals surface area contributed by atoms with Crippen LogP contribution in [0.2, 0.25) is 5.15 Å². The molecule has 1 rings (SSSR count). The van der Waals surface area contributed by atoms with E-state index in [4.69, 9.17) is 23.1 Å². The zero-order valence-electron chi connectivity index (χ0n) is 9.07. The van der Waals surface area contributed by atoms with Gasteiger partial charge in [0, 0.05) is 13.0 Å². The van der Waals surface area contributed by atoms with Gasteiger partial charge in [0.15, 0.2) is 0 Å². The lowest BCUT2D eigenvalue weighted by molar-refractivity contribution is -0.118. The van der Waals surface area contributed by atoms with Gasteiger partial charge < -0.3 is 16.8 Å². The van der Waals surface area contributed by atoms with Gasteiger partial charge in [-0.15, -0.1) is 0 Å². The summed E-state index contributed by atoms with van der Waals surface area (Å²) in [6, 6.07) is 1.44. The predicted octanol–water partition coefficient (Wildman–Crippen LogP) is 0.312. The number of aromatic nitrogens is 1. The molecule has 1 aromatic heterocycles. The average Bonchev–Trinajstić information content (AvgIpc) is 2.27. The van der Waals surface area contributed by atoms with Crippen LogP contribution in [0.4, 0.5) is 5.69 Å². The van der Waals surface area contributed by atoms with E-state index in [1.165, 1.54) is 12.3 Å². The van der Waals surface area contributed by atoms with Gasteiger partial charge in [0.25, 0.3) is 5.91 Å². The smallest absolute Gasteiger partial charge is 0.254 e. The number of halogens is 1. The van der Waals surface area contributed by atoms with Crippen LogP contribution >= 0.6 is 11.6 Å². The fourth-order valence-corrected chi connectivity index (χ4v) is 1.37. The third-order valence-corrected chi connectivity index (χ3v) is 2.29. The van der Waals surface area contributed by atoms with Crippen LogP contribution in [0.25, 0.3) is 0 Å². The van der Waals surface area contributed by atoms with Gasteiger partial charge in [0.2, 0.25) is 5.91 Å². The minimum atomic E-state index is -0.400. The lowest BCUT2D eigenvalue weighted by atomic mass is 10.2. The maximum Gasteiger partial charge on any atom is 0.254 e. The van der Waals surface area contributed by atoms with Crippen LogP contribution < -0.4 is 16.8 Å². The molecule has 6 nitrogen and oxygen atoms in total. The Morgan fingerprint density at radius 1 is 1.47 bits per heavy atom. The molecule has 0 saturated heterocycles. The SMILES string of the molecule is NC(=O)CCCNC(=O)c1cc(N)cnc1Cl. The molecule has 0 spiro atoms. The average molecular weight is 257 g/mol. The molecule has 92 valence electrons. The van der Waals surface area contributed by atoms with Crippen molar-refractivity contribution in [3.8, 4) is 0 Å². The zero-order valence-corrected chi connectivity index (χ0v) is 9.83. The van der Waals surface area contributed by atoms with Crippen molar-refractivity contribution in [2.75, 3.05) is 12.3 Å². The molecule has 0 aliphatic heterocycles. The molecule has 0 radical (unpaired) electrons. The van der Waals surface area contributed by atoms with Crippen LogP contribution in [0.3, 0.4) is 0 Å². The van der Waals surface area contributed by atoms with Crippen LogP contribution in [-0.2, 0) is 4.79 Å². The van der Waals surface area contributed by atoms with E-state index in [-0.39, 0.29) is 23.0 Å². The molecule has 2 amide bonds. The van der Waals surface area contributed by atoms with Gasteiger partial charge >= 0.3 is 0 Å². The molecule has 1 aromatic rings. The van der Waals surface area contributed by atoms with Gasteiger partial charge in [-0.05, 0) is 12.5 Å². The zero-order chi connectivity index (χ0) is 12.8. The molecular formula is C10H13ClN4O2. The highest BCUT2D eigenvalue weighted by Crippen LogP contribution is 2.15. The minimum absolute atomic E-state index is 0.0894. The number of hydrogen-bond acceptors (Lipinski definition) is 4. The van der Waals surface area contributed by atoms with Crippen LogP contribution in [0.15, 0.2) is 12.3 Å². The first-order chi connectivity index (χ1) is 8.00. The molecule has 0 saturated carbocycles. The van der Waals surface area contributed by atoms with Gasteiger partial charge in [-0.2, -0.15) is 0 Å². The largest absolute Gasteiger partial charge is 0.397 e. The number of nitrogens with one attached hydrogen (secondary N) is 1. The van der Waals surface area contributed by atoms with Crippen molar-refractivity contribution in [1.29, 1.82) is 0 Å². The first-order valence-electron chi connectivity index (χ1n) is 4.98. The van der Waals surface area contributed by atoms with Crippen molar-refractivity contribution in [1.82, 2.24) is 10.3 Å². The summed E-state index contributed by atoms with van der Waals surface area (Å²) in [5, 5.41) is 2.69. The number of primary amides is 1. The summed E-state index contributed by atoms with van der Waals surface area (Å²) in [4.78, 5) is 25.9. The Labute approximate surface area is 103 Å². The second kappa shape index (κ2) is 6.05. The monoisotopic (exact) mass is 256 g/mol. The Kier molecular flexibility index (Phi) is 4.71. The van der Waals surface area contributed by atoms with Crippen molar-refractivity contribution in [3.63, 3.8) is 0 Å². The topological polar surface area (TPSA) is 111 Å². The summed E-state index contributed by atoms with van der Waals surface area (Å²) in [5.74, 6) is -0.776. The van der Waals surface area contributed by atoms with Crippen LogP contribution in [-0.4, -0.2) is 23.3 Å². The van der Waals surface area contributed by atoms with Gasteiger partial charge in [0.1, 0.15) is 5.15 Å². The fourth-order valence-electron chi connectivity index (χ4n) is 1.18. The Morgan fingerprint density at radius 2 is 2.18 bits per heavy atom. The summed E-state index contributed by atoms with van der Waals surface area (Å²) in [6.45, 7) is 0.340. The number of rotatable bonds is 5. The lowest BCUT2D eigenvalue weighted by Gasteiger charge is -2.06. The first-order valence-corrected chi connectivity index (χ1v) is 5.36. The van der Waals surface area contributed by atoms with E-state index in [1.807, 2.05) is 0 Å². The van der Waals surface area contributed by atoms with Crippen molar-refractivity contribution in [2.24, 2.45) is 5.73 Å². The van der Waals surface area contributed by atoms with E-state index in [0.29, 0.717) is 18.7 Å². The molecule has 0 aliphatic rings. The highest BCUT2D eigenvalue weighted by molar-refractivity contribution is 6.32. The van der Waals surface area contributed by atoms with Crippen molar-refractivity contribution >= 4 is 29.1 Å². The second-order valence-electron chi connectivity index (χ2n) is 3.43. The number of nitrogen functional groups attached to an aromatic ring is 1. The number of anilines is 1. The summed E-state index contributed by atoms with van der Waals surface area (Å²) in [5.41, 5.74) is 11.0. The number of hydrogen-bond donors (Lipinski definition) is 3. The van der Waals surface area contributed by atoms with E-state index in [1.54, 1.807) is 0 Å². The number of amides is 2. The quantitative estimate of drug-likeness (QED) is 0.520. The molecule has 5 N–H and O–H groups in total. The van der Waals surface area contributed by atoms with E-state index < -0.39 is 5.91 Å². The Hall–Kier alpha value is -1.82. The molecule has 7 heteroatoms. The fraction of sp³-hybridized carbons (Fsp3) is 0.300. The maximum absolute atomic E-state index is 11.7. The second-order valence-corrected chi connectivity index (χ2v) is 3.79. The molecular weight excluding hydrogens is 244 g/mol. The Morgan fingerprint density at radius 3 is 2.82 bits per heavy atom. The van der Waals surface area contributed by atoms with E-state index in [2.05, 4.69) is 10.3 Å². The van der Waals surface area contributed by atoms with Crippen molar-refractivity contribution in [2.45, 2.75) is 12.8 Å². The highest BCUT2D eigenvalue weighted by Gasteiger charge is 2.11. The summed E-state index contributed by atoms with van der Waals surface area (Å²) < 4.78 is 0. The summed E-state index contributed by atoms with van der Waals surface area (Å²) >= 11 is 5.75. The first kappa shape index (κ1) is 13.2. The van der Waals surface area contributed by atoms with Crippen LogP contribution in [0, 0.1) is 0 Å². The molecule has 0 bridgehead atoms. The Balaban J connectivity index is 2.52. The molecule has 1 heterocycles. The van der Waals surface area contributed by atoms with E-state index >= 15 is 0 Å². The Bertz CT molecular complexity index is 436. The van der Waals surface area contributed by atoms with Gasteiger partial charge in [-0.25, -0.2) is 4.98 Å². The van der Waals surface area contributed by atoms with Gasteiger partial charge in [0.05, 0.1) is 17.4 Å². The summed E-state index contributed by atoms with van der Waals surface area (Å²) in [6.07, 6.45) is 2.07. The molecule has 0 aromatic carbocycles. The molecule has 0 unspecified atom stereocenters. The van der Waals surface area contributed by atoms with Crippen molar-refractivity contribution in [3.05, 3.63) is 23.0 Å². The van der Waals surface area contributed by atoms with Crippen LogP contribution in [0.1, 0.15) is 23.2 Å². The van der Waals surface area contributed by atoms with Crippen LogP contribution in [0.5, 0.6) is 0 Å². The lowest BCUT2D eigenvalue weighted by Crippen LogP contribution is -2.26. The molecule has 0 fully saturated rings. The predicted molar refractivity (Wildman–Crippen MR) is 64.4 cm³/mol. The molecule has 0 atom stereocenters.